The maximum atomic E-state index is 12.7. The molecule has 7 heteroatoms. The summed E-state index contributed by atoms with van der Waals surface area (Å²) in [5.41, 5.74) is 6.44. The molecule has 21 heavy (non-hydrogen) atoms. The van der Waals surface area contributed by atoms with Crippen molar-refractivity contribution >= 4 is 33.4 Å². The highest BCUT2D eigenvalue weighted by Gasteiger charge is 2.44. The Hall–Kier alpha value is -1.60. The third-order valence-corrected chi connectivity index (χ3v) is 4.44. The lowest BCUT2D eigenvalue weighted by molar-refractivity contribution is -0.126. The number of amides is 1. The van der Waals surface area contributed by atoms with Gasteiger partial charge in [-0.1, -0.05) is 11.2 Å². The van der Waals surface area contributed by atoms with Crippen LogP contribution in [0.15, 0.2) is 27.8 Å². The van der Waals surface area contributed by atoms with Crippen LogP contribution >= 0.6 is 15.9 Å². The second-order valence-corrected chi connectivity index (χ2v) is 5.97. The predicted molar refractivity (Wildman–Crippen MR) is 83.4 cm³/mol. The Labute approximate surface area is 131 Å². The molecular formula is C14H18BrN3O3. The molecule has 1 aliphatic rings. The molecular weight excluding hydrogens is 338 g/mol. The maximum absolute atomic E-state index is 12.7. The number of halogens is 1. The molecule has 0 bridgehead atoms. The smallest absolute Gasteiger partial charge is 0.238 e. The fourth-order valence-corrected chi connectivity index (χ4v) is 2.74. The van der Waals surface area contributed by atoms with Gasteiger partial charge in [-0.3, -0.25) is 4.79 Å². The first-order valence-electron chi connectivity index (χ1n) is 6.63. The summed E-state index contributed by atoms with van der Waals surface area (Å²) in [6.07, 6.45) is 0.774. The Kier molecular flexibility index (Phi) is 4.84. The zero-order valence-corrected chi connectivity index (χ0v) is 13.3. The minimum Gasteiger partial charge on any atom is -0.409 e. The molecule has 0 spiro atoms. The summed E-state index contributed by atoms with van der Waals surface area (Å²) in [4.78, 5) is 12.7. The van der Waals surface area contributed by atoms with E-state index >= 15 is 0 Å². The van der Waals surface area contributed by atoms with Gasteiger partial charge >= 0.3 is 0 Å². The minimum atomic E-state index is -1.03. The summed E-state index contributed by atoms with van der Waals surface area (Å²) >= 11 is 3.40. The van der Waals surface area contributed by atoms with E-state index in [-0.39, 0.29) is 11.7 Å². The molecule has 4 N–H and O–H groups in total. The number of hydrogen-bond acceptors (Lipinski definition) is 4. The second-order valence-electron chi connectivity index (χ2n) is 5.12. The quantitative estimate of drug-likeness (QED) is 0.335. The van der Waals surface area contributed by atoms with Gasteiger partial charge in [-0.25, -0.2) is 0 Å². The van der Waals surface area contributed by atoms with Crippen molar-refractivity contribution in [2.45, 2.75) is 19.8 Å². The molecule has 1 aromatic carbocycles. The van der Waals surface area contributed by atoms with Crippen LogP contribution in [0.3, 0.4) is 0 Å². The average Bonchev–Trinajstić information content (AvgIpc) is 2.50. The first-order valence-corrected chi connectivity index (χ1v) is 7.42. The number of amidine groups is 1. The monoisotopic (exact) mass is 355 g/mol. The summed E-state index contributed by atoms with van der Waals surface area (Å²) in [5.74, 6) is -0.362. The van der Waals surface area contributed by atoms with Gasteiger partial charge in [-0.05, 0) is 53.4 Å². The molecule has 0 atom stereocenters. The van der Waals surface area contributed by atoms with Gasteiger partial charge in [-0.2, -0.15) is 0 Å². The first kappa shape index (κ1) is 15.8. The van der Waals surface area contributed by atoms with Crippen LogP contribution in [0.1, 0.15) is 18.4 Å². The molecule has 1 aromatic rings. The number of aryl methyl sites for hydroxylation is 1. The average molecular weight is 356 g/mol. The molecule has 1 amide bonds. The lowest BCUT2D eigenvalue weighted by Gasteiger charge is -2.34. The summed E-state index contributed by atoms with van der Waals surface area (Å²) in [6, 6.07) is 5.67. The number of rotatable bonds is 3. The maximum Gasteiger partial charge on any atom is 0.238 e. The third-order valence-electron chi connectivity index (χ3n) is 3.75. The van der Waals surface area contributed by atoms with Crippen molar-refractivity contribution in [3.8, 4) is 0 Å². The molecule has 6 nitrogen and oxygen atoms in total. The van der Waals surface area contributed by atoms with Crippen molar-refractivity contribution in [3.05, 3.63) is 28.2 Å². The van der Waals surface area contributed by atoms with Gasteiger partial charge in [0.2, 0.25) is 5.91 Å². The zero-order valence-electron chi connectivity index (χ0n) is 11.7. The zero-order chi connectivity index (χ0) is 15.5. The fraction of sp³-hybridized carbons (Fsp3) is 0.429. The molecule has 0 aromatic heterocycles. The molecule has 114 valence electrons. The number of benzene rings is 1. The van der Waals surface area contributed by atoms with Crippen LogP contribution in [0, 0.1) is 12.3 Å². The number of hydrogen-bond donors (Lipinski definition) is 3. The van der Waals surface area contributed by atoms with E-state index < -0.39 is 5.41 Å². The Bertz CT molecular complexity index is 569. The Balaban J connectivity index is 2.29. The summed E-state index contributed by atoms with van der Waals surface area (Å²) < 4.78 is 6.06. The van der Waals surface area contributed by atoms with Gasteiger partial charge in [0.25, 0.3) is 0 Å². The minimum absolute atomic E-state index is 0.0768. The molecule has 0 unspecified atom stereocenters. The molecule has 1 heterocycles. The van der Waals surface area contributed by atoms with Crippen molar-refractivity contribution in [2.75, 3.05) is 18.5 Å². The number of nitrogens with two attached hydrogens (primary N) is 1. The lowest BCUT2D eigenvalue weighted by atomic mass is 9.78. The predicted octanol–water partition coefficient (Wildman–Crippen LogP) is 2.24. The Morgan fingerprint density at radius 1 is 1.48 bits per heavy atom. The highest BCUT2D eigenvalue weighted by Crippen LogP contribution is 2.33. The van der Waals surface area contributed by atoms with Gasteiger partial charge < -0.3 is 21.0 Å². The molecule has 2 rings (SSSR count). The summed E-state index contributed by atoms with van der Waals surface area (Å²) in [6.45, 7) is 2.74. The van der Waals surface area contributed by atoms with Crippen molar-refractivity contribution in [2.24, 2.45) is 16.3 Å². The number of oxime groups is 1. The van der Waals surface area contributed by atoms with E-state index in [2.05, 4.69) is 26.4 Å². The summed E-state index contributed by atoms with van der Waals surface area (Å²) in [5, 5.41) is 14.9. The van der Waals surface area contributed by atoms with E-state index in [4.69, 9.17) is 15.7 Å². The second kappa shape index (κ2) is 6.44. The molecule has 0 radical (unpaired) electrons. The van der Waals surface area contributed by atoms with E-state index in [1.807, 2.05) is 25.1 Å². The SMILES string of the molecule is Cc1ccc(Br)c(NC(=O)C2(/C(N)=N/O)CCOCC2)c1. The highest BCUT2D eigenvalue weighted by atomic mass is 79.9. The number of anilines is 1. The molecule has 0 aliphatic carbocycles. The largest absolute Gasteiger partial charge is 0.409 e. The number of ether oxygens (including phenoxy) is 1. The lowest BCUT2D eigenvalue weighted by Crippen LogP contribution is -2.50. The topological polar surface area (TPSA) is 96.9 Å². The van der Waals surface area contributed by atoms with Gasteiger partial charge in [0.15, 0.2) is 5.84 Å². The van der Waals surface area contributed by atoms with E-state index in [0.29, 0.717) is 31.7 Å². The van der Waals surface area contributed by atoms with Gasteiger partial charge in [0.1, 0.15) is 5.41 Å². The van der Waals surface area contributed by atoms with Gasteiger partial charge in [-0.15, -0.1) is 0 Å². The Morgan fingerprint density at radius 2 is 2.14 bits per heavy atom. The number of nitrogens with zero attached hydrogens (tertiary/aromatic N) is 1. The number of carbonyl (C=O) groups is 1. The first-order chi connectivity index (χ1) is 9.99. The van der Waals surface area contributed by atoms with Crippen LogP contribution in [0.25, 0.3) is 0 Å². The summed E-state index contributed by atoms with van der Waals surface area (Å²) in [7, 11) is 0. The van der Waals surface area contributed by atoms with Gasteiger partial charge in [0, 0.05) is 17.7 Å². The van der Waals surface area contributed by atoms with Crippen LogP contribution in [0.2, 0.25) is 0 Å². The molecule has 0 saturated carbocycles. The van der Waals surface area contributed by atoms with E-state index in [9.17, 15) is 4.79 Å². The molecule has 1 saturated heterocycles. The van der Waals surface area contributed by atoms with Crippen LogP contribution in [0.4, 0.5) is 5.69 Å². The highest BCUT2D eigenvalue weighted by molar-refractivity contribution is 9.10. The van der Waals surface area contributed by atoms with Crippen molar-refractivity contribution in [1.29, 1.82) is 0 Å². The van der Waals surface area contributed by atoms with E-state index in [1.165, 1.54) is 0 Å². The number of nitrogens with one attached hydrogen (secondary N) is 1. The van der Waals surface area contributed by atoms with Crippen molar-refractivity contribution in [1.82, 2.24) is 0 Å². The number of carbonyl (C=O) groups excluding carboxylic acids is 1. The van der Waals surface area contributed by atoms with Crippen LogP contribution in [-0.2, 0) is 9.53 Å². The normalized spacial score (nSPS) is 18.3. The van der Waals surface area contributed by atoms with E-state index in [0.717, 1.165) is 10.0 Å². The van der Waals surface area contributed by atoms with Crippen molar-refractivity contribution in [3.63, 3.8) is 0 Å². The van der Waals surface area contributed by atoms with Crippen LogP contribution in [-0.4, -0.2) is 30.2 Å². The van der Waals surface area contributed by atoms with Gasteiger partial charge in [0.05, 0.1) is 5.69 Å². The Morgan fingerprint density at radius 3 is 2.76 bits per heavy atom. The van der Waals surface area contributed by atoms with Crippen molar-refractivity contribution < 1.29 is 14.7 Å². The molecule has 1 aliphatic heterocycles. The third kappa shape index (κ3) is 3.19. The van der Waals surface area contributed by atoms with E-state index in [1.54, 1.807) is 0 Å². The van der Waals surface area contributed by atoms with Crippen LogP contribution in [0.5, 0.6) is 0 Å². The van der Waals surface area contributed by atoms with Crippen LogP contribution < -0.4 is 11.1 Å². The fourth-order valence-electron chi connectivity index (χ4n) is 2.39. The molecule has 1 fully saturated rings. The standard InChI is InChI=1S/C14H18BrN3O3/c1-9-2-3-10(15)11(8-9)17-13(19)14(12(16)18-20)4-6-21-7-5-14/h2-3,8,20H,4-7H2,1H3,(H2,16,18)(H,17,19).